The Kier molecular flexibility index (Phi) is 5.39. The van der Waals surface area contributed by atoms with E-state index in [1.807, 2.05) is 18.2 Å². The van der Waals surface area contributed by atoms with Gasteiger partial charge in [-0.1, -0.05) is 35.6 Å². The third-order valence-electron chi connectivity index (χ3n) is 2.82. The Balaban J connectivity index is 1.97. The number of benzene rings is 2. The van der Waals surface area contributed by atoms with Crippen molar-refractivity contribution in [3.8, 4) is 11.8 Å². The fraction of sp³-hybridized carbons (Fsp3) is 0.118. The SMILES string of the molecule is NCC#Cc1ccc(C(=O)NCc2cccc(Cl)c2)cc1. The molecule has 0 aromatic heterocycles. The van der Waals surface area contributed by atoms with E-state index in [-0.39, 0.29) is 5.91 Å². The second-order valence-electron chi connectivity index (χ2n) is 4.40. The molecule has 0 unspecified atom stereocenters. The number of hydrogen-bond donors (Lipinski definition) is 2. The molecular formula is C17H15ClN2O. The van der Waals surface area contributed by atoms with Gasteiger partial charge in [0, 0.05) is 22.7 Å². The number of rotatable bonds is 3. The van der Waals surface area contributed by atoms with Gasteiger partial charge in [0.2, 0.25) is 0 Å². The van der Waals surface area contributed by atoms with E-state index < -0.39 is 0 Å². The maximum Gasteiger partial charge on any atom is 0.251 e. The minimum absolute atomic E-state index is 0.131. The maximum atomic E-state index is 12.0. The molecule has 2 aromatic carbocycles. The van der Waals surface area contributed by atoms with Crippen LogP contribution in [0.4, 0.5) is 0 Å². The molecule has 0 heterocycles. The predicted octanol–water partition coefficient (Wildman–Crippen LogP) is 2.58. The monoisotopic (exact) mass is 298 g/mol. The molecule has 2 rings (SSSR count). The molecule has 21 heavy (non-hydrogen) atoms. The fourth-order valence-corrected chi connectivity index (χ4v) is 2.00. The third-order valence-corrected chi connectivity index (χ3v) is 3.06. The molecule has 0 radical (unpaired) electrons. The minimum Gasteiger partial charge on any atom is -0.348 e. The standard InChI is InChI=1S/C17H15ClN2O/c18-16-5-1-3-14(11-16)12-20-17(21)15-8-6-13(7-9-15)4-2-10-19/h1,3,5-9,11H,10,12,19H2,(H,20,21). The average Bonchev–Trinajstić information content (AvgIpc) is 2.51. The first-order chi connectivity index (χ1) is 10.2. The number of hydrogen-bond acceptors (Lipinski definition) is 2. The van der Waals surface area contributed by atoms with Crippen molar-refractivity contribution in [1.82, 2.24) is 5.32 Å². The van der Waals surface area contributed by atoms with Crippen LogP contribution < -0.4 is 11.1 Å². The van der Waals surface area contributed by atoms with E-state index in [9.17, 15) is 4.79 Å². The van der Waals surface area contributed by atoms with Crippen LogP contribution in [0.25, 0.3) is 0 Å². The largest absolute Gasteiger partial charge is 0.348 e. The summed E-state index contributed by atoms with van der Waals surface area (Å²) in [4.78, 5) is 12.0. The summed E-state index contributed by atoms with van der Waals surface area (Å²) in [6.07, 6.45) is 0. The first kappa shape index (κ1) is 15.1. The van der Waals surface area contributed by atoms with Crippen LogP contribution in [0.2, 0.25) is 5.02 Å². The van der Waals surface area contributed by atoms with Crippen molar-refractivity contribution in [1.29, 1.82) is 0 Å². The lowest BCUT2D eigenvalue weighted by atomic mass is 10.1. The third kappa shape index (κ3) is 4.64. The van der Waals surface area contributed by atoms with Crippen molar-refractivity contribution in [2.24, 2.45) is 5.73 Å². The van der Waals surface area contributed by atoms with E-state index in [1.165, 1.54) is 0 Å². The van der Waals surface area contributed by atoms with Gasteiger partial charge in [0.05, 0.1) is 6.54 Å². The van der Waals surface area contributed by atoms with Gasteiger partial charge >= 0.3 is 0 Å². The number of carbonyl (C=O) groups is 1. The molecule has 0 spiro atoms. The lowest BCUT2D eigenvalue weighted by Gasteiger charge is -2.06. The van der Waals surface area contributed by atoms with Crippen LogP contribution in [0.3, 0.4) is 0 Å². The molecule has 106 valence electrons. The van der Waals surface area contributed by atoms with Gasteiger partial charge < -0.3 is 11.1 Å². The Labute approximate surface area is 129 Å². The number of nitrogens with one attached hydrogen (secondary N) is 1. The van der Waals surface area contributed by atoms with Gasteiger partial charge in [-0.3, -0.25) is 4.79 Å². The van der Waals surface area contributed by atoms with Gasteiger partial charge in [0.1, 0.15) is 0 Å². The topological polar surface area (TPSA) is 55.1 Å². The van der Waals surface area contributed by atoms with Crippen LogP contribution in [-0.4, -0.2) is 12.5 Å². The number of halogens is 1. The Morgan fingerprint density at radius 3 is 2.62 bits per heavy atom. The molecule has 0 aliphatic heterocycles. The van der Waals surface area contributed by atoms with E-state index in [0.29, 0.717) is 23.7 Å². The highest BCUT2D eigenvalue weighted by Gasteiger charge is 2.04. The van der Waals surface area contributed by atoms with Crippen LogP contribution in [0.5, 0.6) is 0 Å². The lowest BCUT2D eigenvalue weighted by molar-refractivity contribution is 0.0951. The van der Waals surface area contributed by atoms with Crippen molar-refractivity contribution in [3.05, 3.63) is 70.2 Å². The van der Waals surface area contributed by atoms with Crippen LogP contribution in [-0.2, 0) is 6.54 Å². The molecule has 0 aliphatic rings. The van der Waals surface area contributed by atoms with Crippen molar-refractivity contribution in [2.75, 3.05) is 6.54 Å². The number of nitrogens with two attached hydrogens (primary N) is 1. The molecule has 2 aromatic rings. The first-order valence-corrected chi connectivity index (χ1v) is 6.88. The summed E-state index contributed by atoms with van der Waals surface area (Å²) >= 11 is 5.90. The van der Waals surface area contributed by atoms with Gasteiger partial charge in [0.25, 0.3) is 5.91 Å². The van der Waals surface area contributed by atoms with Crippen molar-refractivity contribution in [2.45, 2.75) is 6.54 Å². The Morgan fingerprint density at radius 1 is 1.19 bits per heavy atom. The zero-order valence-corrected chi connectivity index (χ0v) is 12.2. The smallest absolute Gasteiger partial charge is 0.251 e. The molecule has 0 bridgehead atoms. The summed E-state index contributed by atoms with van der Waals surface area (Å²) in [6.45, 7) is 0.760. The molecule has 0 saturated carbocycles. The predicted molar refractivity (Wildman–Crippen MR) is 85.0 cm³/mol. The Bertz CT molecular complexity index is 684. The van der Waals surface area contributed by atoms with E-state index in [0.717, 1.165) is 11.1 Å². The van der Waals surface area contributed by atoms with E-state index in [1.54, 1.807) is 30.3 Å². The van der Waals surface area contributed by atoms with Gasteiger partial charge in [-0.15, -0.1) is 0 Å². The normalized spacial score (nSPS) is 9.62. The number of carbonyl (C=O) groups excluding carboxylic acids is 1. The number of amides is 1. The highest BCUT2D eigenvalue weighted by molar-refractivity contribution is 6.30. The summed E-state index contributed by atoms with van der Waals surface area (Å²) < 4.78 is 0. The molecule has 0 aliphatic carbocycles. The first-order valence-electron chi connectivity index (χ1n) is 6.50. The Morgan fingerprint density at radius 2 is 1.95 bits per heavy atom. The van der Waals surface area contributed by atoms with Gasteiger partial charge in [-0.25, -0.2) is 0 Å². The molecule has 1 amide bonds. The summed E-state index contributed by atoms with van der Waals surface area (Å²) in [5.41, 5.74) is 7.70. The summed E-state index contributed by atoms with van der Waals surface area (Å²) in [5, 5.41) is 3.51. The molecule has 3 nitrogen and oxygen atoms in total. The van der Waals surface area contributed by atoms with E-state index in [2.05, 4.69) is 17.2 Å². The van der Waals surface area contributed by atoms with Gasteiger partial charge in [-0.05, 0) is 42.0 Å². The minimum atomic E-state index is -0.131. The molecule has 3 N–H and O–H groups in total. The molecule has 0 fully saturated rings. The molecule has 4 heteroatoms. The summed E-state index contributed by atoms with van der Waals surface area (Å²) in [7, 11) is 0. The Hall–Kier alpha value is -2.28. The van der Waals surface area contributed by atoms with Crippen LogP contribution in [0.15, 0.2) is 48.5 Å². The van der Waals surface area contributed by atoms with Gasteiger partial charge in [-0.2, -0.15) is 0 Å². The zero-order chi connectivity index (χ0) is 15.1. The fourth-order valence-electron chi connectivity index (χ4n) is 1.79. The van der Waals surface area contributed by atoms with Crippen molar-refractivity contribution in [3.63, 3.8) is 0 Å². The summed E-state index contributed by atoms with van der Waals surface area (Å²) in [6, 6.07) is 14.5. The van der Waals surface area contributed by atoms with Crippen LogP contribution in [0, 0.1) is 11.8 Å². The lowest BCUT2D eigenvalue weighted by Crippen LogP contribution is -2.22. The second-order valence-corrected chi connectivity index (χ2v) is 4.83. The van der Waals surface area contributed by atoms with E-state index in [4.69, 9.17) is 17.3 Å². The van der Waals surface area contributed by atoms with Gasteiger partial charge in [0.15, 0.2) is 0 Å². The van der Waals surface area contributed by atoms with Crippen molar-refractivity contribution >= 4 is 17.5 Å². The van der Waals surface area contributed by atoms with Crippen LogP contribution >= 0.6 is 11.6 Å². The summed E-state index contributed by atoms with van der Waals surface area (Å²) in [5.74, 6) is 5.55. The van der Waals surface area contributed by atoms with Crippen molar-refractivity contribution < 1.29 is 4.79 Å². The second kappa shape index (κ2) is 7.49. The quantitative estimate of drug-likeness (QED) is 0.856. The van der Waals surface area contributed by atoms with Crippen LogP contribution in [0.1, 0.15) is 21.5 Å². The average molecular weight is 299 g/mol. The molecular weight excluding hydrogens is 284 g/mol. The molecule has 0 saturated heterocycles. The zero-order valence-electron chi connectivity index (χ0n) is 11.4. The maximum absolute atomic E-state index is 12.0. The highest BCUT2D eigenvalue weighted by atomic mass is 35.5. The molecule has 0 atom stereocenters. The van der Waals surface area contributed by atoms with E-state index >= 15 is 0 Å². The highest BCUT2D eigenvalue weighted by Crippen LogP contribution is 2.10.